The molecule has 4 rings (SSSR count). The number of imidazole rings is 1. The predicted molar refractivity (Wildman–Crippen MR) is 122 cm³/mol. The molecular weight excluding hydrogens is 425 g/mol. The molecule has 1 fully saturated rings. The molecule has 0 spiro atoms. The summed E-state index contributed by atoms with van der Waals surface area (Å²) in [5.41, 5.74) is 3.35. The summed E-state index contributed by atoms with van der Waals surface area (Å²) < 4.78 is 30.3. The van der Waals surface area contributed by atoms with E-state index in [-0.39, 0.29) is 47.0 Å². The van der Waals surface area contributed by atoms with Crippen LogP contribution in [0.25, 0.3) is 11.0 Å². The Morgan fingerprint density at radius 1 is 1.23 bits per heavy atom. The van der Waals surface area contributed by atoms with Crippen LogP contribution in [0.5, 0.6) is 5.75 Å². The van der Waals surface area contributed by atoms with Crippen LogP contribution in [0.4, 0.5) is 0 Å². The number of aromatic amines is 1. The average Bonchev–Trinajstić information content (AvgIpc) is 3.16. The van der Waals surface area contributed by atoms with E-state index < -0.39 is 11.2 Å². The number of ether oxygens (including phenoxy) is 3. The summed E-state index contributed by atoms with van der Waals surface area (Å²) >= 11 is -1.33. The van der Waals surface area contributed by atoms with Gasteiger partial charge in [0.15, 0.2) is 12.0 Å². The number of rotatable bonds is 7. The molecule has 1 aliphatic heterocycles. The predicted octanol–water partition coefficient (Wildman–Crippen LogP) is 3.09. The normalized spacial score (nSPS) is 17.3. The molecule has 1 saturated heterocycles. The molecule has 31 heavy (non-hydrogen) atoms. The Labute approximate surface area is 207 Å². The molecule has 1 unspecified atom stereocenters. The molecule has 0 saturated carbocycles. The number of nitrogens with one attached hydrogen (secondary N) is 1. The van der Waals surface area contributed by atoms with Gasteiger partial charge in [0, 0.05) is 34.8 Å². The van der Waals surface area contributed by atoms with Crippen LogP contribution in [-0.4, -0.2) is 75.2 Å². The second-order valence-electron chi connectivity index (χ2n) is 8.28. The number of para-hydroxylation sites is 2. The van der Waals surface area contributed by atoms with E-state index >= 15 is 0 Å². The van der Waals surface area contributed by atoms with Crippen molar-refractivity contribution in [1.29, 1.82) is 0 Å². The molecule has 3 aromatic rings. The number of nitrogens with zero attached hydrogens (tertiary/aromatic N) is 2. The summed E-state index contributed by atoms with van der Waals surface area (Å²) in [6.07, 6.45) is 2.10. The fourth-order valence-corrected chi connectivity index (χ4v) is 4.35. The third-order valence-electron chi connectivity index (χ3n) is 5.04. The van der Waals surface area contributed by atoms with Crippen molar-refractivity contribution >= 4 is 51.8 Å². The fraction of sp³-hybridized carbons (Fsp3) is 0.455. The van der Waals surface area contributed by atoms with Crippen LogP contribution in [0.2, 0.25) is 0 Å². The summed E-state index contributed by atoms with van der Waals surface area (Å²) in [4.78, 5) is 12.0. The van der Waals surface area contributed by atoms with E-state index in [0.717, 1.165) is 28.0 Å². The van der Waals surface area contributed by atoms with Gasteiger partial charge in [-0.3, -0.25) is 9.97 Å². The SMILES string of the molecule is Cc1c(OCCC2OCC(C)(C)CO2)ccnc1C[S+]([O-])c1nc2ccccc2[nH]1.[NaH]. The maximum atomic E-state index is 12.8. The van der Waals surface area contributed by atoms with Gasteiger partial charge in [0.25, 0.3) is 0 Å². The van der Waals surface area contributed by atoms with Gasteiger partial charge in [-0.15, -0.1) is 0 Å². The number of hydrogen-bond donors (Lipinski definition) is 1. The fourth-order valence-electron chi connectivity index (χ4n) is 3.25. The van der Waals surface area contributed by atoms with Crippen LogP contribution in [0.15, 0.2) is 41.7 Å². The van der Waals surface area contributed by atoms with Crippen LogP contribution < -0.4 is 4.74 Å². The zero-order chi connectivity index (χ0) is 21.1. The zero-order valence-electron chi connectivity index (χ0n) is 17.5. The molecule has 0 aliphatic carbocycles. The number of hydrogen-bond acceptors (Lipinski definition) is 6. The van der Waals surface area contributed by atoms with E-state index in [9.17, 15) is 4.55 Å². The first kappa shape index (κ1) is 24.5. The Morgan fingerprint density at radius 3 is 2.71 bits per heavy atom. The summed E-state index contributed by atoms with van der Waals surface area (Å²) in [6.45, 7) is 8.02. The van der Waals surface area contributed by atoms with Crippen LogP contribution >= 0.6 is 0 Å². The van der Waals surface area contributed by atoms with Crippen LogP contribution in [0.3, 0.4) is 0 Å². The van der Waals surface area contributed by atoms with E-state index in [1.54, 1.807) is 6.20 Å². The van der Waals surface area contributed by atoms with Gasteiger partial charge < -0.3 is 18.8 Å². The molecule has 1 N–H and O–H groups in total. The second-order valence-corrected chi connectivity index (χ2v) is 9.65. The second kappa shape index (κ2) is 10.7. The average molecular weight is 454 g/mol. The Balaban J connectivity index is 0.00000272. The van der Waals surface area contributed by atoms with Crippen molar-refractivity contribution in [3.05, 3.63) is 47.8 Å². The molecule has 1 aromatic carbocycles. The van der Waals surface area contributed by atoms with Gasteiger partial charge >= 0.3 is 34.7 Å². The van der Waals surface area contributed by atoms with Gasteiger partial charge in [-0.1, -0.05) is 26.0 Å². The minimum absolute atomic E-state index is 0. The molecule has 0 radical (unpaired) electrons. The van der Waals surface area contributed by atoms with E-state index in [0.29, 0.717) is 31.4 Å². The summed E-state index contributed by atoms with van der Waals surface area (Å²) in [6, 6.07) is 9.47. The Kier molecular flexibility index (Phi) is 8.43. The molecule has 3 heterocycles. The Morgan fingerprint density at radius 2 is 1.97 bits per heavy atom. The third-order valence-corrected chi connectivity index (χ3v) is 6.20. The van der Waals surface area contributed by atoms with E-state index in [1.165, 1.54) is 0 Å². The Bertz CT molecular complexity index is 970. The molecule has 1 atom stereocenters. The van der Waals surface area contributed by atoms with Crippen molar-refractivity contribution in [1.82, 2.24) is 15.0 Å². The molecule has 0 bridgehead atoms. The van der Waals surface area contributed by atoms with Crippen LogP contribution in [-0.2, 0) is 26.4 Å². The first-order valence-corrected chi connectivity index (χ1v) is 11.4. The molecule has 162 valence electrons. The number of aromatic nitrogens is 3. The molecular formula is C22H28N3NaO4S. The summed E-state index contributed by atoms with van der Waals surface area (Å²) in [7, 11) is 0. The van der Waals surface area contributed by atoms with E-state index in [1.807, 2.05) is 37.3 Å². The van der Waals surface area contributed by atoms with Gasteiger partial charge in [0.2, 0.25) is 0 Å². The van der Waals surface area contributed by atoms with Gasteiger partial charge in [-0.05, 0) is 25.1 Å². The summed E-state index contributed by atoms with van der Waals surface area (Å²) in [5, 5.41) is 0.457. The van der Waals surface area contributed by atoms with Crippen molar-refractivity contribution in [2.24, 2.45) is 5.41 Å². The van der Waals surface area contributed by atoms with Crippen molar-refractivity contribution in [2.75, 3.05) is 19.8 Å². The van der Waals surface area contributed by atoms with Gasteiger partial charge in [-0.2, -0.15) is 4.98 Å². The van der Waals surface area contributed by atoms with E-state index in [4.69, 9.17) is 14.2 Å². The molecule has 7 nitrogen and oxygen atoms in total. The van der Waals surface area contributed by atoms with Crippen molar-refractivity contribution in [3.8, 4) is 5.75 Å². The van der Waals surface area contributed by atoms with Crippen molar-refractivity contribution in [2.45, 2.75) is 44.4 Å². The monoisotopic (exact) mass is 453 g/mol. The van der Waals surface area contributed by atoms with Crippen LogP contribution in [0.1, 0.15) is 31.5 Å². The quantitative estimate of drug-likeness (QED) is 0.437. The minimum atomic E-state index is -1.33. The molecule has 0 amide bonds. The number of pyridine rings is 1. The number of benzene rings is 1. The van der Waals surface area contributed by atoms with Crippen LogP contribution in [0, 0.1) is 12.3 Å². The van der Waals surface area contributed by atoms with Gasteiger partial charge in [0.1, 0.15) is 5.75 Å². The van der Waals surface area contributed by atoms with E-state index in [2.05, 4.69) is 28.8 Å². The standard InChI is InChI=1S/C22H27N3O4S.Na.H/c1-15-18(12-30(26)21-24-16-6-4-5-7-17(16)25-21)23-10-8-19(15)27-11-9-20-28-13-22(2,3)14-29-20;;/h4-8,10,20H,9,11-14H2,1-3H3,(H,24,25);;. The maximum absolute atomic E-state index is 12.8. The Hall–Kier alpha value is -1.13. The molecule has 9 heteroatoms. The molecule has 2 aromatic heterocycles. The van der Waals surface area contributed by atoms with Gasteiger partial charge in [0.05, 0.1) is 36.5 Å². The zero-order valence-corrected chi connectivity index (χ0v) is 18.3. The summed E-state index contributed by atoms with van der Waals surface area (Å²) in [5.74, 6) is 1.00. The third kappa shape index (κ3) is 6.22. The van der Waals surface area contributed by atoms with Crippen molar-refractivity contribution in [3.63, 3.8) is 0 Å². The number of H-pyrrole nitrogens is 1. The van der Waals surface area contributed by atoms with Gasteiger partial charge in [-0.25, -0.2) is 0 Å². The topological polar surface area (TPSA) is 92.3 Å². The first-order valence-electron chi connectivity index (χ1n) is 10.0. The molecule has 1 aliphatic rings. The first-order chi connectivity index (χ1) is 14.4. The number of fused-ring (bicyclic) bond motifs is 1. The van der Waals surface area contributed by atoms with Crippen molar-refractivity contribution < 1.29 is 18.8 Å².